The minimum atomic E-state index is -2.14. The van der Waals surface area contributed by atoms with Crippen LogP contribution in [0.4, 0.5) is 4.39 Å². The zero-order valence-electron chi connectivity index (χ0n) is 16.4. The van der Waals surface area contributed by atoms with Gasteiger partial charge in [0.05, 0.1) is 13.0 Å². The molecular weight excluding hydrogens is 335 g/mol. The summed E-state index contributed by atoms with van der Waals surface area (Å²) < 4.78 is 25.8. The van der Waals surface area contributed by atoms with Crippen molar-refractivity contribution in [1.82, 2.24) is 0 Å². The Balaban J connectivity index is 2.36. The van der Waals surface area contributed by atoms with E-state index < -0.39 is 8.32 Å². The summed E-state index contributed by atoms with van der Waals surface area (Å²) in [5.41, 5.74) is 3.86. The number of carbonyl (C=O) groups excluding carboxylic acids is 1. The van der Waals surface area contributed by atoms with Crippen molar-refractivity contribution in [2.24, 2.45) is 0 Å². The number of hydrogen-bond acceptors (Lipinski definition) is 3. The van der Waals surface area contributed by atoms with Gasteiger partial charge in [0.1, 0.15) is 5.75 Å². The van der Waals surface area contributed by atoms with Crippen LogP contribution in [-0.2, 0) is 16.0 Å². The van der Waals surface area contributed by atoms with E-state index in [-0.39, 0.29) is 23.2 Å². The standard InChI is InChI=1S/C20H29FO3Si/c1-8-23-19(22)12-15-13(2)9-14-10-17(21)18(11-16(14)15)24-25(6,7)20(3,4)5/h10-11H,8-9,12H2,1-7H3. The van der Waals surface area contributed by atoms with Crippen LogP contribution >= 0.6 is 0 Å². The highest BCUT2D eigenvalue weighted by molar-refractivity contribution is 6.74. The predicted octanol–water partition coefficient (Wildman–Crippen LogP) is 5.49. The molecule has 0 saturated carbocycles. The summed E-state index contributed by atoms with van der Waals surface area (Å²) in [7, 11) is -2.14. The molecule has 1 aliphatic rings. The highest BCUT2D eigenvalue weighted by Crippen LogP contribution is 2.42. The Morgan fingerprint density at radius 2 is 1.92 bits per heavy atom. The third kappa shape index (κ3) is 4.14. The van der Waals surface area contributed by atoms with Crippen molar-refractivity contribution in [3.05, 3.63) is 34.6 Å². The summed E-state index contributed by atoms with van der Waals surface area (Å²) in [5, 5.41) is -0.0159. The van der Waals surface area contributed by atoms with E-state index in [2.05, 4.69) is 33.9 Å². The van der Waals surface area contributed by atoms with Crippen molar-refractivity contribution in [2.45, 2.75) is 65.6 Å². The van der Waals surface area contributed by atoms with Crippen molar-refractivity contribution in [3.8, 4) is 5.75 Å². The van der Waals surface area contributed by atoms with Gasteiger partial charge in [-0.05, 0) is 67.2 Å². The molecule has 0 spiro atoms. The highest BCUT2D eigenvalue weighted by Gasteiger charge is 2.39. The lowest BCUT2D eigenvalue weighted by molar-refractivity contribution is -0.141. The van der Waals surface area contributed by atoms with Crippen LogP contribution in [0, 0.1) is 5.82 Å². The lowest BCUT2D eigenvalue weighted by atomic mass is 10.0. The summed E-state index contributed by atoms with van der Waals surface area (Å²) >= 11 is 0. The number of hydrogen-bond donors (Lipinski definition) is 0. The molecule has 0 N–H and O–H groups in total. The SMILES string of the molecule is CCOC(=O)CC1=C(C)Cc2cc(F)c(O[Si](C)(C)C(C)(C)C)cc21. The number of benzene rings is 1. The second kappa shape index (κ2) is 6.94. The fourth-order valence-corrected chi connectivity index (χ4v) is 3.77. The summed E-state index contributed by atoms with van der Waals surface area (Å²) in [4.78, 5) is 11.9. The number of fused-ring (bicyclic) bond motifs is 1. The van der Waals surface area contributed by atoms with Crippen LogP contribution in [0.25, 0.3) is 5.57 Å². The summed E-state index contributed by atoms with van der Waals surface area (Å²) in [6.07, 6.45) is 0.888. The molecule has 2 rings (SSSR count). The zero-order chi connectivity index (χ0) is 19.0. The predicted molar refractivity (Wildman–Crippen MR) is 102 cm³/mol. The first-order chi connectivity index (χ1) is 11.5. The fourth-order valence-electron chi connectivity index (χ4n) is 2.75. The molecule has 0 aliphatic heterocycles. The maximum absolute atomic E-state index is 14.6. The fraction of sp³-hybridized carbons (Fsp3) is 0.550. The van der Waals surface area contributed by atoms with E-state index in [1.165, 1.54) is 0 Å². The van der Waals surface area contributed by atoms with Gasteiger partial charge in [-0.2, -0.15) is 0 Å². The molecule has 1 aliphatic carbocycles. The van der Waals surface area contributed by atoms with E-state index >= 15 is 0 Å². The molecule has 5 heteroatoms. The molecule has 0 heterocycles. The lowest BCUT2D eigenvalue weighted by Gasteiger charge is -2.36. The van der Waals surface area contributed by atoms with Gasteiger partial charge in [-0.15, -0.1) is 0 Å². The minimum absolute atomic E-state index is 0.0159. The molecule has 25 heavy (non-hydrogen) atoms. The first-order valence-electron chi connectivity index (χ1n) is 8.82. The van der Waals surface area contributed by atoms with Crippen LogP contribution in [0.5, 0.6) is 5.75 Å². The number of carbonyl (C=O) groups is 1. The van der Waals surface area contributed by atoms with E-state index in [4.69, 9.17) is 9.16 Å². The van der Waals surface area contributed by atoms with Gasteiger partial charge in [-0.25, -0.2) is 4.39 Å². The second-order valence-electron chi connectivity index (χ2n) is 8.22. The monoisotopic (exact) mass is 364 g/mol. The van der Waals surface area contributed by atoms with Gasteiger partial charge in [-0.1, -0.05) is 26.3 Å². The lowest BCUT2D eigenvalue weighted by Crippen LogP contribution is -2.44. The van der Waals surface area contributed by atoms with Gasteiger partial charge in [0.25, 0.3) is 8.32 Å². The van der Waals surface area contributed by atoms with E-state index in [1.54, 1.807) is 19.1 Å². The molecule has 0 fully saturated rings. The molecule has 0 amide bonds. The number of esters is 1. The van der Waals surface area contributed by atoms with Crippen molar-refractivity contribution in [3.63, 3.8) is 0 Å². The quantitative estimate of drug-likeness (QED) is 0.512. The summed E-state index contributed by atoms with van der Waals surface area (Å²) in [5.74, 6) is -0.281. The molecule has 1 aromatic rings. The normalized spacial score (nSPS) is 14.6. The third-order valence-electron chi connectivity index (χ3n) is 5.25. The Kier molecular flexibility index (Phi) is 5.47. The Morgan fingerprint density at radius 1 is 1.28 bits per heavy atom. The Labute approximate surface area is 151 Å². The van der Waals surface area contributed by atoms with Gasteiger partial charge in [0.2, 0.25) is 0 Å². The highest BCUT2D eigenvalue weighted by atomic mass is 28.4. The van der Waals surface area contributed by atoms with Crippen LogP contribution in [0.3, 0.4) is 0 Å². The third-order valence-corrected chi connectivity index (χ3v) is 9.59. The molecular formula is C20H29FO3Si. The average molecular weight is 365 g/mol. The maximum atomic E-state index is 14.6. The molecule has 0 bridgehead atoms. The number of rotatable bonds is 5. The van der Waals surface area contributed by atoms with E-state index in [9.17, 15) is 9.18 Å². The first kappa shape index (κ1) is 19.7. The molecule has 0 aromatic heterocycles. The summed E-state index contributed by atoms with van der Waals surface area (Å²) in [6.45, 7) is 14.7. The number of allylic oxidation sites excluding steroid dienone is 1. The van der Waals surface area contributed by atoms with Crippen molar-refractivity contribution < 1.29 is 18.3 Å². The van der Waals surface area contributed by atoms with Gasteiger partial charge in [-0.3, -0.25) is 4.79 Å². The summed E-state index contributed by atoms with van der Waals surface area (Å²) in [6, 6.07) is 3.33. The van der Waals surface area contributed by atoms with Crippen LogP contribution in [0.15, 0.2) is 17.7 Å². The largest absolute Gasteiger partial charge is 0.542 e. The van der Waals surface area contributed by atoms with Crippen LogP contribution in [-0.4, -0.2) is 20.9 Å². The minimum Gasteiger partial charge on any atom is -0.542 e. The Bertz CT molecular complexity index is 714. The zero-order valence-corrected chi connectivity index (χ0v) is 17.4. The van der Waals surface area contributed by atoms with Crippen LogP contribution in [0.2, 0.25) is 18.1 Å². The molecule has 0 unspecified atom stereocenters. The van der Waals surface area contributed by atoms with Crippen LogP contribution < -0.4 is 4.43 Å². The topological polar surface area (TPSA) is 35.5 Å². The first-order valence-corrected chi connectivity index (χ1v) is 11.7. The number of ether oxygens (including phenoxy) is 1. The molecule has 138 valence electrons. The van der Waals surface area contributed by atoms with Crippen molar-refractivity contribution >= 4 is 19.9 Å². The van der Waals surface area contributed by atoms with Crippen molar-refractivity contribution in [1.29, 1.82) is 0 Å². The van der Waals surface area contributed by atoms with E-state index in [1.807, 2.05) is 6.92 Å². The second-order valence-corrected chi connectivity index (χ2v) is 12.9. The van der Waals surface area contributed by atoms with E-state index in [0.717, 1.165) is 22.3 Å². The molecule has 0 radical (unpaired) electrons. The van der Waals surface area contributed by atoms with E-state index in [0.29, 0.717) is 18.8 Å². The Hall–Kier alpha value is -1.62. The molecule has 0 saturated heterocycles. The molecule has 1 aromatic carbocycles. The number of halogens is 1. The van der Waals surface area contributed by atoms with Gasteiger partial charge >= 0.3 is 5.97 Å². The van der Waals surface area contributed by atoms with Gasteiger partial charge in [0, 0.05) is 0 Å². The van der Waals surface area contributed by atoms with Gasteiger partial charge < -0.3 is 9.16 Å². The maximum Gasteiger partial charge on any atom is 0.310 e. The van der Waals surface area contributed by atoms with Crippen LogP contribution in [0.1, 0.15) is 52.2 Å². The molecule has 3 nitrogen and oxygen atoms in total. The Morgan fingerprint density at radius 3 is 2.48 bits per heavy atom. The smallest absolute Gasteiger partial charge is 0.310 e. The van der Waals surface area contributed by atoms with Gasteiger partial charge in [0.15, 0.2) is 5.82 Å². The van der Waals surface area contributed by atoms with Crippen molar-refractivity contribution in [2.75, 3.05) is 6.61 Å². The average Bonchev–Trinajstić information content (AvgIpc) is 2.74. The molecule has 0 atom stereocenters.